The van der Waals surface area contributed by atoms with Crippen molar-refractivity contribution in [2.24, 2.45) is 0 Å². The first kappa shape index (κ1) is 88.7. The fraction of sp³-hybridized carbons (Fsp3) is 0.313. The van der Waals surface area contributed by atoms with Gasteiger partial charge >= 0.3 is 23.9 Å². The number of hydrogen-bond donors (Lipinski definition) is 5. The molecule has 11 aromatic rings. The number of carbonyl (C=O) groups excluding carboxylic acids is 5. The Kier molecular flexibility index (Phi) is 34.8. The molecule has 0 aliphatic carbocycles. The summed E-state index contributed by atoms with van der Waals surface area (Å²) in [7, 11) is 6.44. The predicted octanol–water partition coefficient (Wildman–Crippen LogP) is 11.6. The largest absolute Gasteiger partial charge is 0.497 e. The van der Waals surface area contributed by atoms with Crippen molar-refractivity contribution < 1.29 is 57.6 Å². The van der Waals surface area contributed by atoms with Gasteiger partial charge in [-0.2, -0.15) is 5.21 Å². The molecule has 0 radical (unpaired) electrons. The molecule has 0 fully saturated rings. The number of likely N-dealkylation sites (N-methyl/N-ethyl adjacent to an activating group) is 2. The number of hydrogen-bond acceptors (Lipinski definition) is 23. The summed E-state index contributed by atoms with van der Waals surface area (Å²) in [4.78, 5) is 77.5. The SMILES string of the molecule is CCOC(=O)[C@H](C)N[C@@H](Cc1ccc(-c2cccc(Cl)c2)cc1)C(=O)N(C)c1nn[nH]n1.CCOC(=O)[C@H](C)N[C@@H](Cc1ccc(-c2cccc(Cl)c2)cc1)C(=O)N(C)c1nnnn1Cc1ccc(OC)cc1.CCOC(=O)[C@H](C)N[C@@H](Cc1ccc(-c2cccc(Cl)c2)cc1)C(=O)O.CCc1nnnn1Cc1ccc(OC)cc1. The first-order valence-electron chi connectivity index (χ1n) is 37.0. The Morgan fingerprint density at radius 3 is 1.17 bits per heavy atom. The second-order valence-corrected chi connectivity index (χ2v) is 27.4. The maximum atomic E-state index is 13.8. The number of aryl methyl sites for hydroxylation is 1. The Labute approximate surface area is 682 Å². The first-order chi connectivity index (χ1) is 55.4. The van der Waals surface area contributed by atoms with Gasteiger partial charge in [-0.05, 0) is 209 Å². The first-order valence-corrected chi connectivity index (χ1v) is 38.2. The highest BCUT2D eigenvalue weighted by Crippen LogP contribution is 2.28. The number of ether oxygens (including phenoxy) is 5. The summed E-state index contributed by atoms with van der Waals surface area (Å²) in [5.41, 5.74) is 10.8. The van der Waals surface area contributed by atoms with E-state index in [4.69, 9.17) is 58.5 Å². The molecule has 6 atom stereocenters. The molecule has 11 rings (SSSR count). The quantitative estimate of drug-likeness (QED) is 0.0188. The lowest BCUT2D eigenvalue weighted by atomic mass is 9.99. The number of benzene rings is 8. The lowest BCUT2D eigenvalue weighted by molar-refractivity contribution is -0.147. The molecule has 604 valence electrons. The van der Waals surface area contributed by atoms with E-state index in [2.05, 4.69) is 67.6 Å². The monoisotopic (exact) mass is 1630 g/mol. The Morgan fingerprint density at radius 1 is 0.452 bits per heavy atom. The molecule has 0 aliphatic heterocycles. The zero-order chi connectivity index (χ0) is 82.9. The van der Waals surface area contributed by atoms with E-state index in [-0.39, 0.29) is 50.0 Å². The van der Waals surface area contributed by atoms with Gasteiger partial charge in [0.2, 0.25) is 11.8 Å². The van der Waals surface area contributed by atoms with Gasteiger partial charge in [0, 0.05) is 35.6 Å². The standard InChI is InChI=1S/C30H33ClN6O4.C22H25ClN6O3.C20H22ClNO4.C11H14N4O/c1-5-41-29(39)20(2)32-27(17-21-9-13-23(14-10-21)24-7-6-8-25(31)18-24)28(38)36(3)30-33-34-35-37(30)19-22-11-15-26(40-4)16-12-22;1-4-32-21(31)14(2)24-19(20(30)29(3)22-25-27-28-26-22)12-15-8-10-16(11-9-15)17-6-5-7-18(23)13-17;1-3-26-20(25)13(2)22-18(19(23)24)11-14-7-9-15(10-8-14)16-5-4-6-17(21)12-16;1-3-11-12-13-14-15(11)8-9-4-6-10(16-2)7-5-9/h6-16,18,20,27,32H,5,17,19H2,1-4H3;5-11,13-14,19,24H,4,12H2,1-3H3,(H,25,26,27,28);4-10,12-13,18,22H,3,11H2,1-2H3,(H,23,24);4-7H,3,8H2,1-2H3/t20-,27-;14-,19-;13-,18-;/m000./s1. The molecule has 0 unspecified atom stereocenters. The van der Waals surface area contributed by atoms with Gasteiger partial charge in [-0.3, -0.25) is 54.5 Å². The highest BCUT2D eigenvalue weighted by molar-refractivity contribution is 6.31. The van der Waals surface area contributed by atoms with Crippen LogP contribution < -0.4 is 35.2 Å². The van der Waals surface area contributed by atoms with Gasteiger partial charge in [0.15, 0.2) is 5.82 Å². The number of aliphatic carboxylic acids is 1. The van der Waals surface area contributed by atoms with Gasteiger partial charge in [-0.25, -0.2) is 9.36 Å². The Bertz CT molecular complexity index is 4890. The van der Waals surface area contributed by atoms with Gasteiger partial charge < -0.3 is 28.8 Å². The fourth-order valence-corrected chi connectivity index (χ4v) is 12.3. The summed E-state index contributed by atoms with van der Waals surface area (Å²) in [5.74, 6) is -0.0327. The molecule has 115 heavy (non-hydrogen) atoms. The molecular weight excluding hydrogens is 1530 g/mol. The summed E-state index contributed by atoms with van der Waals surface area (Å²) >= 11 is 18.3. The van der Waals surface area contributed by atoms with Crippen LogP contribution in [0.3, 0.4) is 0 Å². The Morgan fingerprint density at radius 2 is 0.809 bits per heavy atom. The van der Waals surface area contributed by atoms with Crippen LogP contribution in [0.4, 0.5) is 11.9 Å². The van der Waals surface area contributed by atoms with Crippen LogP contribution in [0.2, 0.25) is 15.1 Å². The number of halogens is 3. The smallest absolute Gasteiger partial charge is 0.322 e. The van der Waals surface area contributed by atoms with E-state index in [1.807, 2.05) is 206 Å². The third kappa shape index (κ3) is 27.2. The van der Waals surface area contributed by atoms with Crippen LogP contribution in [0.15, 0.2) is 194 Å². The van der Waals surface area contributed by atoms with E-state index < -0.39 is 60.1 Å². The highest BCUT2D eigenvalue weighted by Gasteiger charge is 2.32. The molecule has 0 bridgehead atoms. The number of nitrogens with one attached hydrogen (secondary N) is 4. The van der Waals surface area contributed by atoms with Gasteiger partial charge in [0.05, 0.1) is 59.2 Å². The molecule has 29 nitrogen and oxygen atoms in total. The maximum Gasteiger partial charge on any atom is 0.322 e. The number of anilines is 2. The number of tetrazole rings is 3. The molecule has 0 spiro atoms. The van der Waals surface area contributed by atoms with Crippen LogP contribution >= 0.6 is 34.8 Å². The Hall–Kier alpha value is -11.9. The van der Waals surface area contributed by atoms with Gasteiger partial charge in [0.25, 0.3) is 11.9 Å². The van der Waals surface area contributed by atoms with E-state index in [1.165, 1.54) is 9.80 Å². The lowest BCUT2D eigenvalue weighted by Crippen LogP contribution is -2.52. The van der Waals surface area contributed by atoms with E-state index in [9.17, 15) is 33.9 Å². The number of nitrogens with zero attached hydrogens (tertiary/aromatic N) is 13. The van der Waals surface area contributed by atoms with Crippen molar-refractivity contribution in [2.75, 3.05) is 57.9 Å². The molecule has 3 heterocycles. The van der Waals surface area contributed by atoms with Crippen LogP contribution in [-0.4, -0.2) is 186 Å². The molecule has 3 aromatic heterocycles. The van der Waals surface area contributed by atoms with Crippen molar-refractivity contribution in [2.45, 2.75) is 123 Å². The third-order valence-corrected chi connectivity index (χ3v) is 18.5. The molecule has 0 saturated carbocycles. The average molecular weight is 1630 g/mol. The summed E-state index contributed by atoms with van der Waals surface area (Å²) in [6, 6.07) is 57.1. The summed E-state index contributed by atoms with van der Waals surface area (Å²) in [5, 5.41) is 57.5. The number of H-pyrrole nitrogens is 1. The number of amides is 2. The van der Waals surface area contributed by atoms with Crippen LogP contribution in [0.5, 0.6) is 11.5 Å². The fourth-order valence-electron chi connectivity index (χ4n) is 11.7. The highest BCUT2D eigenvalue weighted by atomic mass is 35.5. The van der Waals surface area contributed by atoms with E-state index in [0.29, 0.717) is 41.0 Å². The number of carboxylic acids is 1. The zero-order valence-corrected chi connectivity index (χ0v) is 68.0. The Balaban J connectivity index is 0.000000201. The number of esters is 3. The number of methoxy groups -OCH3 is 2. The van der Waals surface area contributed by atoms with Gasteiger partial charge in [-0.1, -0.05) is 185 Å². The number of aromatic amines is 1. The van der Waals surface area contributed by atoms with Gasteiger partial charge in [0.1, 0.15) is 35.7 Å². The number of aromatic nitrogens is 12. The summed E-state index contributed by atoms with van der Waals surface area (Å²) in [6.45, 7) is 14.0. The van der Waals surface area contributed by atoms with Crippen molar-refractivity contribution >= 4 is 82.4 Å². The predicted molar refractivity (Wildman–Crippen MR) is 439 cm³/mol. The summed E-state index contributed by atoms with van der Waals surface area (Å²) in [6.07, 6.45) is 1.77. The van der Waals surface area contributed by atoms with Crippen LogP contribution in [0, 0.1) is 0 Å². The topological polar surface area (TPSA) is 353 Å². The average Bonchev–Trinajstić information content (AvgIpc) is 1.76. The van der Waals surface area contributed by atoms with Crippen molar-refractivity contribution in [3.63, 3.8) is 0 Å². The number of rotatable bonds is 33. The van der Waals surface area contributed by atoms with Crippen LogP contribution in [0.1, 0.15) is 82.1 Å². The molecule has 0 aliphatic rings. The molecule has 2 amide bonds. The molecule has 0 saturated heterocycles. The van der Waals surface area contributed by atoms with Crippen LogP contribution in [-0.2, 0) is 81.8 Å². The summed E-state index contributed by atoms with van der Waals surface area (Å²) < 4.78 is 28.8. The molecule has 32 heteroatoms. The van der Waals surface area contributed by atoms with Crippen molar-refractivity contribution in [3.8, 4) is 44.9 Å². The van der Waals surface area contributed by atoms with E-state index in [1.54, 1.807) is 74.5 Å². The van der Waals surface area contributed by atoms with Crippen molar-refractivity contribution in [3.05, 3.63) is 243 Å². The van der Waals surface area contributed by atoms with Crippen molar-refractivity contribution in [1.82, 2.24) is 77.0 Å². The zero-order valence-electron chi connectivity index (χ0n) is 65.7. The second-order valence-electron chi connectivity index (χ2n) is 26.1. The van der Waals surface area contributed by atoms with E-state index >= 15 is 0 Å². The minimum atomic E-state index is -1.01. The lowest BCUT2D eigenvalue weighted by Gasteiger charge is -2.26. The number of carboxylic acid groups (broad SMARTS) is 1. The van der Waals surface area contributed by atoms with Crippen LogP contribution in [0.25, 0.3) is 33.4 Å². The second kappa shape index (κ2) is 45.1. The molecule has 8 aromatic carbocycles. The van der Waals surface area contributed by atoms with Crippen molar-refractivity contribution in [1.29, 1.82) is 0 Å². The van der Waals surface area contributed by atoms with Gasteiger partial charge in [-0.15, -0.1) is 10.2 Å². The molecular formula is C83H94Cl3N17O12. The van der Waals surface area contributed by atoms with E-state index in [0.717, 1.165) is 84.9 Å². The normalized spacial score (nSPS) is 12.4. The maximum absolute atomic E-state index is 13.8. The minimum Gasteiger partial charge on any atom is -0.497 e. The number of carbonyl (C=O) groups is 6. The third-order valence-electron chi connectivity index (χ3n) is 17.8. The molecule has 5 N–H and O–H groups in total. The minimum absolute atomic E-state index is 0.141.